The maximum Gasteiger partial charge on any atom is 0.199 e. The maximum absolute atomic E-state index is 6.41. The summed E-state index contributed by atoms with van der Waals surface area (Å²) < 4.78 is 7.40. The molecule has 0 aliphatic carbocycles. The topological polar surface area (TPSA) is 81.6 Å². The van der Waals surface area contributed by atoms with Gasteiger partial charge in [0.25, 0.3) is 0 Å². The van der Waals surface area contributed by atoms with Gasteiger partial charge in [-0.25, -0.2) is 14.5 Å². The molecule has 0 saturated carbocycles. The van der Waals surface area contributed by atoms with Crippen molar-refractivity contribution in [1.82, 2.24) is 19.6 Å². The fourth-order valence-electron chi connectivity index (χ4n) is 4.27. The van der Waals surface area contributed by atoms with E-state index in [0.29, 0.717) is 22.3 Å². The SMILES string of the molecule is N[C@@H]1COCC12CCN(c1ncc(-c3cccc(Cl)c3Cl)n3ncnc13)CC2. The monoisotopic (exact) mass is 418 g/mol. The summed E-state index contributed by atoms with van der Waals surface area (Å²) >= 11 is 12.6. The van der Waals surface area contributed by atoms with Crippen LogP contribution in [0.2, 0.25) is 10.0 Å². The van der Waals surface area contributed by atoms with Gasteiger partial charge >= 0.3 is 0 Å². The minimum absolute atomic E-state index is 0.0920. The molecule has 2 saturated heterocycles. The van der Waals surface area contributed by atoms with Gasteiger partial charge in [-0.3, -0.25) is 0 Å². The van der Waals surface area contributed by atoms with E-state index in [-0.39, 0.29) is 11.5 Å². The van der Waals surface area contributed by atoms with E-state index >= 15 is 0 Å². The highest BCUT2D eigenvalue weighted by Gasteiger charge is 2.44. The zero-order valence-corrected chi connectivity index (χ0v) is 16.7. The lowest BCUT2D eigenvalue weighted by molar-refractivity contribution is 0.132. The molecule has 28 heavy (non-hydrogen) atoms. The van der Waals surface area contributed by atoms with Crippen molar-refractivity contribution in [3.63, 3.8) is 0 Å². The molecule has 0 radical (unpaired) electrons. The van der Waals surface area contributed by atoms with E-state index in [9.17, 15) is 0 Å². The molecule has 0 amide bonds. The Morgan fingerprint density at radius 2 is 2.00 bits per heavy atom. The zero-order chi connectivity index (χ0) is 19.3. The van der Waals surface area contributed by atoms with Gasteiger partial charge in [0.15, 0.2) is 11.5 Å². The van der Waals surface area contributed by atoms with Crippen molar-refractivity contribution in [3.8, 4) is 11.3 Å². The van der Waals surface area contributed by atoms with E-state index in [0.717, 1.165) is 49.6 Å². The Labute approximate surface area is 172 Å². The summed E-state index contributed by atoms with van der Waals surface area (Å²) in [5, 5.41) is 5.37. The lowest BCUT2D eigenvalue weighted by Crippen LogP contribution is -2.49. The molecule has 2 N–H and O–H groups in total. The van der Waals surface area contributed by atoms with Crippen molar-refractivity contribution < 1.29 is 4.74 Å². The molecular formula is C19H20Cl2N6O. The smallest absolute Gasteiger partial charge is 0.199 e. The van der Waals surface area contributed by atoms with Crippen LogP contribution in [-0.4, -0.2) is 51.9 Å². The van der Waals surface area contributed by atoms with Crippen LogP contribution in [0.5, 0.6) is 0 Å². The van der Waals surface area contributed by atoms with Gasteiger partial charge in [0.2, 0.25) is 0 Å². The van der Waals surface area contributed by atoms with E-state index in [1.54, 1.807) is 16.8 Å². The first-order chi connectivity index (χ1) is 13.6. The van der Waals surface area contributed by atoms with Crippen LogP contribution in [0.1, 0.15) is 12.8 Å². The second kappa shape index (κ2) is 6.84. The molecule has 2 aliphatic heterocycles. The predicted octanol–water partition coefficient (Wildman–Crippen LogP) is 3.04. The van der Waals surface area contributed by atoms with Gasteiger partial charge in [-0.15, -0.1) is 0 Å². The molecule has 5 rings (SSSR count). The number of nitrogens with two attached hydrogens (primary N) is 1. The van der Waals surface area contributed by atoms with Crippen molar-refractivity contribution in [2.45, 2.75) is 18.9 Å². The summed E-state index contributed by atoms with van der Waals surface area (Å²) in [5.74, 6) is 0.821. The molecule has 2 aromatic heterocycles. The van der Waals surface area contributed by atoms with Crippen molar-refractivity contribution in [3.05, 3.63) is 40.8 Å². The minimum Gasteiger partial charge on any atom is -0.379 e. The molecule has 146 valence electrons. The lowest BCUT2D eigenvalue weighted by atomic mass is 9.75. The number of halogens is 2. The third-order valence-electron chi connectivity index (χ3n) is 6.04. The Bertz CT molecular complexity index is 1030. The second-order valence-electron chi connectivity index (χ2n) is 7.53. The average molecular weight is 419 g/mol. The minimum atomic E-state index is 0.0920. The molecule has 1 atom stereocenters. The first-order valence-electron chi connectivity index (χ1n) is 9.30. The van der Waals surface area contributed by atoms with Crippen LogP contribution in [0.3, 0.4) is 0 Å². The Morgan fingerprint density at radius 3 is 2.75 bits per heavy atom. The van der Waals surface area contributed by atoms with E-state index < -0.39 is 0 Å². The number of anilines is 1. The number of fused-ring (bicyclic) bond motifs is 1. The molecule has 0 bridgehead atoms. The highest BCUT2D eigenvalue weighted by Crippen LogP contribution is 2.40. The van der Waals surface area contributed by atoms with Gasteiger partial charge in [0.1, 0.15) is 6.33 Å². The lowest BCUT2D eigenvalue weighted by Gasteiger charge is -2.41. The van der Waals surface area contributed by atoms with Gasteiger partial charge in [-0.1, -0.05) is 35.3 Å². The van der Waals surface area contributed by atoms with Crippen molar-refractivity contribution in [1.29, 1.82) is 0 Å². The quantitative estimate of drug-likeness (QED) is 0.688. The van der Waals surface area contributed by atoms with Crippen molar-refractivity contribution >= 4 is 34.7 Å². The summed E-state index contributed by atoms with van der Waals surface area (Å²) in [6.07, 6.45) is 5.29. The zero-order valence-electron chi connectivity index (χ0n) is 15.2. The molecule has 7 nitrogen and oxygen atoms in total. The van der Waals surface area contributed by atoms with E-state index in [1.807, 2.05) is 12.1 Å². The molecule has 3 aromatic rings. The Kier molecular flexibility index (Phi) is 4.43. The largest absolute Gasteiger partial charge is 0.379 e. The van der Waals surface area contributed by atoms with E-state index in [4.69, 9.17) is 38.7 Å². The van der Waals surface area contributed by atoms with Crippen LogP contribution in [0.15, 0.2) is 30.7 Å². The summed E-state index contributed by atoms with van der Waals surface area (Å²) in [6.45, 7) is 3.14. The second-order valence-corrected chi connectivity index (χ2v) is 8.32. The molecule has 1 aromatic carbocycles. The highest BCUT2D eigenvalue weighted by atomic mass is 35.5. The summed E-state index contributed by atoms with van der Waals surface area (Å²) in [5.41, 5.74) is 8.63. The molecule has 4 heterocycles. The maximum atomic E-state index is 6.41. The first-order valence-corrected chi connectivity index (χ1v) is 10.1. The van der Waals surface area contributed by atoms with Crippen LogP contribution in [0.4, 0.5) is 5.82 Å². The highest BCUT2D eigenvalue weighted by molar-refractivity contribution is 6.43. The number of rotatable bonds is 2. The van der Waals surface area contributed by atoms with Gasteiger partial charge in [-0.05, 0) is 18.9 Å². The van der Waals surface area contributed by atoms with Crippen LogP contribution < -0.4 is 10.6 Å². The predicted molar refractivity (Wildman–Crippen MR) is 109 cm³/mol. The standard InChI is InChI=1S/C19H20Cl2N6O/c20-13-3-1-2-12(16(13)21)14-8-23-17(18-24-11-25-27(14)18)26-6-4-19(5-7-26)10-28-9-15(19)22/h1-3,8,11,15H,4-7,9-10,22H2/t15-/m1/s1. The van der Waals surface area contributed by atoms with E-state index in [2.05, 4.69) is 15.0 Å². The Morgan fingerprint density at radius 1 is 1.18 bits per heavy atom. The molecule has 2 fully saturated rings. The number of ether oxygens (including phenoxy) is 1. The van der Waals surface area contributed by atoms with Crippen molar-refractivity contribution in [2.24, 2.45) is 11.1 Å². The normalized spacial score (nSPS) is 21.7. The molecule has 9 heteroatoms. The number of hydrogen-bond donors (Lipinski definition) is 1. The number of benzene rings is 1. The van der Waals surface area contributed by atoms with Crippen LogP contribution in [-0.2, 0) is 4.74 Å². The Balaban J connectivity index is 1.50. The van der Waals surface area contributed by atoms with Gasteiger partial charge in [0, 0.05) is 30.1 Å². The molecular weight excluding hydrogens is 399 g/mol. The fraction of sp³-hybridized carbons (Fsp3) is 0.421. The summed E-state index contributed by atoms with van der Waals surface area (Å²) in [6, 6.07) is 5.63. The molecule has 1 spiro atoms. The Hall–Kier alpha value is -1.93. The van der Waals surface area contributed by atoms with Crippen LogP contribution in [0, 0.1) is 5.41 Å². The third-order valence-corrected chi connectivity index (χ3v) is 6.86. The molecule has 0 unspecified atom stereocenters. The average Bonchev–Trinajstić information content (AvgIpc) is 3.32. The van der Waals surface area contributed by atoms with Crippen molar-refractivity contribution in [2.75, 3.05) is 31.2 Å². The fourth-order valence-corrected chi connectivity index (χ4v) is 4.66. The molecule has 2 aliphatic rings. The summed E-state index contributed by atoms with van der Waals surface area (Å²) in [7, 11) is 0. The van der Waals surface area contributed by atoms with Gasteiger partial charge in [-0.2, -0.15) is 5.10 Å². The van der Waals surface area contributed by atoms with Gasteiger partial charge < -0.3 is 15.4 Å². The van der Waals surface area contributed by atoms with Gasteiger partial charge in [0.05, 0.1) is 35.1 Å². The number of nitrogens with zero attached hydrogens (tertiary/aromatic N) is 5. The van der Waals surface area contributed by atoms with Crippen LogP contribution in [0.25, 0.3) is 16.9 Å². The first kappa shape index (κ1) is 18.1. The third kappa shape index (κ3) is 2.76. The number of aromatic nitrogens is 4. The number of hydrogen-bond acceptors (Lipinski definition) is 6. The summed E-state index contributed by atoms with van der Waals surface area (Å²) in [4.78, 5) is 11.4. The number of piperidine rings is 1. The van der Waals surface area contributed by atoms with E-state index in [1.165, 1.54) is 6.33 Å². The van der Waals surface area contributed by atoms with Crippen LogP contribution >= 0.6 is 23.2 Å².